The van der Waals surface area contributed by atoms with Gasteiger partial charge in [-0.1, -0.05) is 140 Å². The molecule has 0 amide bonds. The number of hydrogen-bond donors (Lipinski definition) is 0. The van der Waals surface area contributed by atoms with E-state index in [1.165, 1.54) is 5.56 Å². The number of hydrogen-bond acceptors (Lipinski definition) is 5. The van der Waals surface area contributed by atoms with E-state index in [1.807, 2.05) is 36.4 Å². The molecule has 1 aromatic heterocycles. The highest BCUT2D eigenvalue weighted by Crippen LogP contribution is 2.38. The summed E-state index contributed by atoms with van der Waals surface area (Å²) in [4.78, 5) is 15.0. The summed E-state index contributed by atoms with van der Waals surface area (Å²) < 4.78 is 12.9. The van der Waals surface area contributed by atoms with Crippen LogP contribution in [-0.4, -0.2) is 33.3 Å². The molecular formula is C43H36BN3O2. The summed E-state index contributed by atoms with van der Waals surface area (Å²) in [5, 5.41) is 2.24. The Kier molecular flexibility index (Phi) is 7.71. The first-order chi connectivity index (χ1) is 23.8. The van der Waals surface area contributed by atoms with Crippen LogP contribution in [-0.2, 0) is 9.31 Å². The van der Waals surface area contributed by atoms with Crippen molar-refractivity contribution in [1.82, 2.24) is 15.0 Å². The van der Waals surface area contributed by atoms with E-state index in [9.17, 15) is 0 Å². The zero-order chi connectivity index (χ0) is 33.6. The third-order valence-corrected chi connectivity index (χ3v) is 9.81. The molecule has 0 atom stereocenters. The maximum Gasteiger partial charge on any atom is 0.495 e. The maximum absolute atomic E-state index is 6.46. The van der Waals surface area contributed by atoms with Crippen LogP contribution in [0.25, 0.3) is 67.2 Å². The molecule has 6 aromatic carbocycles. The molecule has 1 aliphatic heterocycles. The van der Waals surface area contributed by atoms with Gasteiger partial charge in [0.25, 0.3) is 0 Å². The van der Waals surface area contributed by atoms with Gasteiger partial charge in [-0.15, -0.1) is 0 Å². The minimum Gasteiger partial charge on any atom is -0.399 e. The van der Waals surface area contributed by atoms with Crippen molar-refractivity contribution in [3.05, 3.63) is 146 Å². The first-order valence-corrected chi connectivity index (χ1v) is 16.7. The molecule has 0 bridgehead atoms. The van der Waals surface area contributed by atoms with E-state index in [2.05, 4.69) is 137 Å². The van der Waals surface area contributed by atoms with Gasteiger partial charge in [0, 0.05) is 16.7 Å². The molecular weight excluding hydrogens is 601 g/mol. The van der Waals surface area contributed by atoms with Crippen LogP contribution in [0.5, 0.6) is 0 Å². The molecule has 1 saturated heterocycles. The van der Waals surface area contributed by atoms with Crippen molar-refractivity contribution in [2.24, 2.45) is 0 Å². The van der Waals surface area contributed by atoms with E-state index in [1.54, 1.807) is 0 Å². The van der Waals surface area contributed by atoms with Gasteiger partial charge < -0.3 is 9.31 Å². The molecule has 0 radical (unpaired) electrons. The molecule has 0 spiro atoms. The average Bonchev–Trinajstić information content (AvgIpc) is 3.37. The van der Waals surface area contributed by atoms with Crippen LogP contribution in [0.2, 0.25) is 0 Å². The molecule has 7 aromatic rings. The molecule has 49 heavy (non-hydrogen) atoms. The normalized spacial score (nSPS) is 15.1. The molecule has 1 aliphatic rings. The average molecular weight is 638 g/mol. The molecule has 0 N–H and O–H groups in total. The summed E-state index contributed by atoms with van der Waals surface area (Å²) in [6, 6.07) is 50.1. The molecule has 6 heteroatoms. The SMILES string of the molecule is CC1(C)OB(c2cccc3c(-c4cccc(-c5nc(-c6ccccc6)nc(-c6ccc(-c7ccccc7)cc6)n5)c4)cccc23)OC1(C)C. The highest BCUT2D eigenvalue weighted by atomic mass is 16.7. The second kappa shape index (κ2) is 12.2. The van der Waals surface area contributed by atoms with Crippen molar-refractivity contribution in [2.75, 3.05) is 0 Å². The third-order valence-electron chi connectivity index (χ3n) is 9.81. The number of aromatic nitrogens is 3. The van der Waals surface area contributed by atoms with Crippen LogP contribution in [0.4, 0.5) is 0 Å². The lowest BCUT2D eigenvalue weighted by Crippen LogP contribution is -2.41. The van der Waals surface area contributed by atoms with Crippen LogP contribution in [0.1, 0.15) is 27.7 Å². The molecule has 8 rings (SSSR count). The lowest BCUT2D eigenvalue weighted by molar-refractivity contribution is 0.00578. The highest BCUT2D eigenvalue weighted by molar-refractivity contribution is 6.65. The quantitative estimate of drug-likeness (QED) is 0.170. The Morgan fingerprint density at radius 2 is 0.857 bits per heavy atom. The second-order valence-corrected chi connectivity index (χ2v) is 13.5. The van der Waals surface area contributed by atoms with Gasteiger partial charge in [-0.25, -0.2) is 15.0 Å². The van der Waals surface area contributed by atoms with Gasteiger partial charge >= 0.3 is 7.12 Å². The Morgan fingerprint density at radius 1 is 0.408 bits per heavy atom. The van der Waals surface area contributed by atoms with Crippen LogP contribution in [0.15, 0.2) is 146 Å². The van der Waals surface area contributed by atoms with Gasteiger partial charge in [-0.05, 0) is 72.3 Å². The minimum atomic E-state index is -0.447. The van der Waals surface area contributed by atoms with Crippen LogP contribution < -0.4 is 5.46 Å². The minimum absolute atomic E-state index is 0.419. The number of nitrogens with zero attached hydrogens (tertiary/aromatic N) is 3. The number of rotatable bonds is 6. The van der Waals surface area contributed by atoms with E-state index in [-0.39, 0.29) is 0 Å². The van der Waals surface area contributed by atoms with E-state index in [4.69, 9.17) is 24.3 Å². The van der Waals surface area contributed by atoms with Crippen molar-refractivity contribution in [3.63, 3.8) is 0 Å². The second-order valence-electron chi connectivity index (χ2n) is 13.5. The first kappa shape index (κ1) is 30.9. The van der Waals surface area contributed by atoms with E-state index in [0.717, 1.165) is 49.6 Å². The number of fused-ring (bicyclic) bond motifs is 1. The van der Waals surface area contributed by atoms with E-state index < -0.39 is 18.3 Å². The van der Waals surface area contributed by atoms with Crippen molar-refractivity contribution in [2.45, 2.75) is 38.9 Å². The van der Waals surface area contributed by atoms with Crippen LogP contribution in [0.3, 0.4) is 0 Å². The van der Waals surface area contributed by atoms with E-state index >= 15 is 0 Å². The van der Waals surface area contributed by atoms with Crippen LogP contribution in [0, 0.1) is 0 Å². The fraction of sp³-hybridized carbons (Fsp3) is 0.140. The predicted molar refractivity (Wildman–Crippen MR) is 200 cm³/mol. The summed E-state index contributed by atoms with van der Waals surface area (Å²) in [6.45, 7) is 8.35. The summed E-state index contributed by atoms with van der Waals surface area (Å²) in [7, 11) is -0.447. The molecule has 0 saturated carbocycles. The Labute approximate surface area is 287 Å². The Bertz CT molecular complexity index is 2270. The van der Waals surface area contributed by atoms with Crippen molar-refractivity contribution in [3.8, 4) is 56.4 Å². The van der Waals surface area contributed by atoms with E-state index in [0.29, 0.717) is 17.5 Å². The molecule has 1 fully saturated rings. The standard InChI is InChI=1S/C43H36BN3O2/c1-42(2)43(3,4)49-44(48-42)38-23-13-21-36-35(20-12-22-37(36)38)33-18-11-19-34(28-33)41-46-39(31-16-9-6-10-17-31)45-40(47-41)32-26-24-30(25-27-32)29-14-7-5-8-15-29/h5-28H,1-4H3. The zero-order valence-corrected chi connectivity index (χ0v) is 28.1. The largest absolute Gasteiger partial charge is 0.495 e. The van der Waals surface area contributed by atoms with Crippen molar-refractivity contribution < 1.29 is 9.31 Å². The lowest BCUT2D eigenvalue weighted by atomic mass is 9.75. The van der Waals surface area contributed by atoms with Gasteiger partial charge in [0.2, 0.25) is 0 Å². The fourth-order valence-corrected chi connectivity index (χ4v) is 6.38. The van der Waals surface area contributed by atoms with Crippen molar-refractivity contribution >= 4 is 23.4 Å². The molecule has 5 nitrogen and oxygen atoms in total. The zero-order valence-electron chi connectivity index (χ0n) is 28.1. The monoisotopic (exact) mass is 637 g/mol. The van der Waals surface area contributed by atoms with Gasteiger partial charge in [0.1, 0.15) is 0 Å². The first-order valence-electron chi connectivity index (χ1n) is 16.7. The summed E-state index contributed by atoms with van der Waals surface area (Å²) in [6.07, 6.45) is 0. The van der Waals surface area contributed by atoms with Gasteiger partial charge in [0.15, 0.2) is 17.5 Å². The molecule has 0 unspecified atom stereocenters. The molecule has 238 valence electrons. The molecule has 0 aliphatic carbocycles. The number of benzene rings is 6. The topological polar surface area (TPSA) is 57.1 Å². The van der Waals surface area contributed by atoms with Gasteiger partial charge in [-0.2, -0.15) is 0 Å². The summed E-state index contributed by atoms with van der Waals surface area (Å²) >= 11 is 0. The predicted octanol–water partition coefficient (Wildman–Crippen LogP) is 9.66. The highest BCUT2D eigenvalue weighted by Gasteiger charge is 2.52. The molecule has 2 heterocycles. The third kappa shape index (κ3) is 5.84. The Balaban J connectivity index is 1.20. The Hall–Kier alpha value is -5.43. The summed E-state index contributed by atoms with van der Waals surface area (Å²) in [5.74, 6) is 1.89. The van der Waals surface area contributed by atoms with Gasteiger partial charge in [-0.3, -0.25) is 0 Å². The van der Waals surface area contributed by atoms with Gasteiger partial charge in [0.05, 0.1) is 11.2 Å². The maximum atomic E-state index is 6.46. The fourth-order valence-electron chi connectivity index (χ4n) is 6.38. The summed E-state index contributed by atoms with van der Waals surface area (Å²) in [5.41, 5.74) is 7.48. The smallest absolute Gasteiger partial charge is 0.399 e. The Morgan fingerprint density at radius 3 is 1.51 bits per heavy atom. The van der Waals surface area contributed by atoms with Crippen LogP contribution >= 0.6 is 0 Å². The lowest BCUT2D eigenvalue weighted by Gasteiger charge is -2.32. The van der Waals surface area contributed by atoms with Crippen molar-refractivity contribution in [1.29, 1.82) is 0 Å².